The molecule has 0 saturated heterocycles. The molecule has 0 aliphatic rings. The molecule has 0 spiro atoms. The number of halogens is 3. The van der Waals surface area contributed by atoms with Crippen LogP contribution >= 0.6 is 34.2 Å². The number of hydroxylamine groups is 1. The molecule has 3 N–H and O–H groups in total. The zero-order valence-corrected chi connectivity index (χ0v) is 19.1. The Morgan fingerprint density at radius 1 is 1.10 bits per heavy atom. The summed E-state index contributed by atoms with van der Waals surface area (Å²) < 4.78 is 20.8. The molecule has 0 aliphatic heterocycles. The highest BCUT2D eigenvalue weighted by Gasteiger charge is 2.17. The van der Waals surface area contributed by atoms with Gasteiger partial charge >= 0.3 is 0 Å². The van der Waals surface area contributed by atoms with E-state index in [1.54, 1.807) is 30.3 Å². The number of para-hydroxylation sites is 2. The minimum absolute atomic E-state index is 0.0159. The van der Waals surface area contributed by atoms with Gasteiger partial charge in [0.2, 0.25) is 0 Å². The van der Waals surface area contributed by atoms with Crippen molar-refractivity contribution in [1.82, 2.24) is 5.48 Å². The molecular formula is C22H19ClFIN2O4. The highest BCUT2D eigenvalue weighted by molar-refractivity contribution is 14.1. The number of rotatable bonds is 9. The molecule has 1 unspecified atom stereocenters. The van der Waals surface area contributed by atoms with Crippen molar-refractivity contribution in [3.8, 4) is 5.75 Å². The lowest BCUT2D eigenvalue weighted by Gasteiger charge is -2.15. The van der Waals surface area contributed by atoms with E-state index < -0.39 is 17.8 Å². The van der Waals surface area contributed by atoms with Crippen LogP contribution in [0, 0.1) is 9.39 Å². The van der Waals surface area contributed by atoms with Crippen molar-refractivity contribution in [2.24, 2.45) is 0 Å². The van der Waals surface area contributed by atoms with Crippen LogP contribution < -0.4 is 15.5 Å². The molecule has 6 nitrogen and oxygen atoms in total. The molecule has 3 aromatic rings. The maximum absolute atomic E-state index is 14.4. The maximum Gasteiger partial charge on any atom is 0.277 e. The molecule has 0 heterocycles. The standard InChI is InChI=1S/C22H19ClFIN2O4/c23-18-11-14(25)9-10-20(18)26-21-17(7-4-8-19(21)24)22(29)27-31-13-15(28)12-30-16-5-2-1-3-6-16/h1-11,15,26,28H,12-13H2,(H,27,29). The lowest BCUT2D eigenvalue weighted by Crippen LogP contribution is -2.31. The predicted molar refractivity (Wildman–Crippen MR) is 125 cm³/mol. The lowest BCUT2D eigenvalue weighted by atomic mass is 10.1. The van der Waals surface area contributed by atoms with Crippen LogP contribution in [0.5, 0.6) is 5.75 Å². The average Bonchev–Trinajstić information content (AvgIpc) is 2.76. The first-order valence-electron chi connectivity index (χ1n) is 9.22. The molecule has 0 bridgehead atoms. The number of nitrogens with one attached hydrogen (secondary N) is 2. The smallest absolute Gasteiger partial charge is 0.277 e. The first-order chi connectivity index (χ1) is 14.9. The van der Waals surface area contributed by atoms with Gasteiger partial charge in [0, 0.05) is 3.57 Å². The molecule has 1 amide bonds. The molecule has 1 atom stereocenters. The van der Waals surface area contributed by atoms with Gasteiger partial charge in [0.25, 0.3) is 5.91 Å². The summed E-state index contributed by atoms with van der Waals surface area (Å²) in [6.45, 7) is -0.225. The van der Waals surface area contributed by atoms with E-state index in [2.05, 4.69) is 33.4 Å². The van der Waals surface area contributed by atoms with Crippen LogP contribution in [0.1, 0.15) is 10.4 Å². The second-order valence-electron chi connectivity index (χ2n) is 6.43. The SMILES string of the molecule is O=C(NOCC(O)COc1ccccc1)c1cccc(F)c1Nc1ccc(I)cc1Cl. The minimum atomic E-state index is -0.976. The zero-order chi connectivity index (χ0) is 22.2. The van der Waals surface area contributed by atoms with Crippen molar-refractivity contribution in [2.75, 3.05) is 18.5 Å². The number of carbonyl (C=O) groups is 1. The van der Waals surface area contributed by atoms with Crippen molar-refractivity contribution >= 4 is 51.5 Å². The van der Waals surface area contributed by atoms with Crippen LogP contribution in [-0.2, 0) is 4.84 Å². The van der Waals surface area contributed by atoms with Crippen LogP contribution in [0.15, 0.2) is 66.7 Å². The van der Waals surface area contributed by atoms with E-state index in [1.165, 1.54) is 18.2 Å². The fourth-order valence-corrected chi connectivity index (χ4v) is 3.48. The number of carbonyl (C=O) groups excluding carboxylic acids is 1. The van der Waals surface area contributed by atoms with E-state index in [1.807, 2.05) is 18.2 Å². The Hall–Kier alpha value is -2.40. The highest BCUT2D eigenvalue weighted by atomic mass is 127. The first-order valence-corrected chi connectivity index (χ1v) is 10.7. The van der Waals surface area contributed by atoms with Crippen molar-refractivity contribution in [2.45, 2.75) is 6.10 Å². The van der Waals surface area contributed by atoms with Gasteiger partial charge in [-0.3, -0.25) is 9.63 Å². The summed E-state index contributed by atoms with van der Waals surface area (Å²) in [6, 6.07) is 18.3. The van der Waals surface area contributed by atoms with Gasteiger partial charge in [-0.25, -0.2) is 9.87 Å². The second-order valence-corrected chi connectivity index (χ2v) is 8.08. The molecule has 3 aromatic carbocycles. The Bertz CT molecular complexity index is 1040. The van der Waals surface area contributed by atoms with Crippen molar-refractivity contribution in [1.29, 1.82) is 0 Å². The Morgan fingerprint density at radius 2 is 1.87 bits per heavy atom. The number of anilines is 2. The largest absolute Gasteiger partial charge is 0.491 e. The molecule has 0 radical (unpaired) electrons. The fourth-order valence-electron chi connectivity index (χ4n) is 2.58. The second kappa shape index (κ2) is 11.3. The first kappa shape index (κ1) is 23.3. The average molecular weight is 557 g/mol. The van der Waals surface area contributed by atoms with Crippen LogP contribution in [-0.4, -0.2) is 30.3 Å². The predicted octanol–water partition coefficient (Wildman–Crippen LogP) is 4.93. The number of hydrogen-bond donors (Lipinski definition) is 3. The van der Waals surface area contributed by atoms with E-state index in [9.17, 15) is 14.3 Å². The van der Waals surface area contributed by atoms with Gasteiger partial charge in [-0.15, -0.1) is 0 Å². The normalized spacial score (nSPS) is 11.6. The summed E-state index contributed by atoms with van der Waals surface area (Å²) in [4.78, 5) is 17.6. The monoisotopic (exact) mass is 556 g/mol. The quantitative estimate of drug-likeness (QED) is 0.257. The molecular weight excluding hydrogens is 538 g/mol. The summed E-state index contributed by atoms with van der Waals surface area (Å²) in [5, 5.41) is 13.2. The molecule has 0 fully saturated rings. The van der Waals surface area contributed by atoms with E-state index in [4.69, 9.17) is 21.2 Å². The van der Waals surface area contributed by atoms with Gasteiger partial charge < -0.3 is 15.2 Å². The van der Waals surface area contributed by atoms with Gasteiger partial charge in [-0.2, -0.15) is 0 Å². The Morgan fingerprint density at radius 3 is 2.61 bits per heavy atom. The highest BCUT2D eigenvalue weighted by Crippen LogP contribution is 2.30. The fraction of sp³-hybridized carbons (Fsp3) is 0.136. The third-order valence-corrected chi connectivity index (χ3v) is 5.06. The van der Waals surface area contributed by atoms with Crippen LogP contribution in [0.3, 0.4) is 0 Å². The number of amides is 1. The number of hydrogen-bond acceptors (Lipinski definition) is 5. The van der Waals surface area contributed by atoms with E-state index in [0.717, 1.165) is 3.57 Å². The summed E-state index contributed by atoms with van der Waals surface area (Å²) in [7, 11) is 0. The molecule has 0 aliphatic carbocycles. The summed E-state index contributed by atoms with van der Waals surface area (Å²) in [5.41, 5.74) is 2.64. The van der Waals surface area contributed by atoms with Crippen molar-refractivity contribution < 1.29 is 23.9 Å². The van der Waals surface area contributed by atoms with Gasteiger partial charge in [0.05, 0.1) is 22.0 Å². The lowest BCUT2D eigenvalue weighted by molar-refractivity contribution is -0.0259. The van der Waals surface area contributed by atoms with Crippen LogP contribution in [0.25, 0.3) is 0 Å². The Balaban J connectivity index is 1.58. The topological polar surface area (TPSA) is 79.8 Å². The van der Waals surface area contributed by atoms with Crippen molar-refractivity contribution in [3.63, 3.8) is 0 Å². The van der Waals surface area contributed by atoms with Gasteiger partial charge in [0.15, 0.2) is 0 Å². The van der Waals surface area contributed by atoms with Crippen LogP contribution in [0.2, 0.25) is 5.02 Å². The minimum Gasteiger partial charge on any atom is -0.491 e. The number of aliphatic hydroxyl groups is 1. The van der Waals surface area contributed by atoms with Gasteiger partial charge in [0.1, 0.15) is 30.9 Å². The number of aliphatic hydroxyl groups excluding tert-OH is 1. The Kier molecular flexibility index (Phi) is 8.47. The molecule has 31 heavy (non-hydrogen) atoms. The zero-order valence-electron chi connectivity index (χ0n) is 16.1. The number of benzene rings is 3. The van der Waals surface area contributed by atoms with Gasteiger partial charge in [-0.1, -0.05) is 35.9 Å². The van der Waals surface area contributed by atoms with E-state index in [-0.39, 0.29) is 24.5 Å². The molecule has 162 valence electrons. The third kappa shape index (κ3) is 6.79. The maximum atomic E-state index is 14.4. The third-order valence-electron chi connectivity index (χ3n) is 4.08. The van der Waals surface area contributed by atoms with Crippen molar-refractivity contribution in [3.05, 3.63) is 86.7 Å². The summed E-state index contributed by atoms with van der Waals surface area (Å²) in [5.74, 6) is -0.700. The summed E-state index contributed by atoms with van der Waals surface area (Å²) >= 11 is 8.31. The van der Waals surface area contributed by atoms with E-state index in [0.29, 0.717) is 16.5 Å². The van der Waals surface area contributed by atoms with Gasteiger partial charge in [-0.05, 0) is 65.1 Å². The van der Waals surface area contributed by atoms with Crippen LogP contribution in [0.4, 0.5) is 15.8 Å². The molecule has 0 aromatic heterocycles. The Labute approximate surface area is 197 Å². The molecule has 3 rings (SSSR count). The van der Waals surface area contributed by atoms with E-state index >= 15 is 0 Å². The molecule has 0 saturated carbocycles. The summed E-state index contributed by atoms with van der Waals surface area (Å²) in [6.07, 6.45) is -0.976. The number of ether oxygens (including phenoxy) is 1. The molecule has 9 heteroatoms.